The predicted octanol–water partition coefficient (Wildman–Crippen LogP) is 1.98. The lowest BCUT2D eigenvalue weighted by molar-refractivity contribution is 0.0690. The highest BCUT2D eigenvalue weighted by atomic mass is 16.5. The van der Waals surface area contributed by atoms with Crippen molar-refractivity contribution in [3.8, 4) is 23.1 Å². The van der Waals surface area contributed by atoms with Crippen molar-refractivity contribution in [3.63, 3.8) is 0 Å². The van der Waals surface area contributed by atoms with Crippen LogP contribution in [0.3, 0.4) is 0 Å². The zero-order chi connectivity index (χ0) is 14.5. The van der Waals surface area contributed by atoms with Crippen molar-refractivity contribution in [2.45, 2.75) is 0 Å². The molecule has 0 aliphatic heterocycles. The molecule has 0 radical (unpaired) electrons. The molecule has 0 amide bonds. The highest BCUT2D eigenvalue weighted by Crippen LogP contribution is 2.29. The second kappa shape index (κ2) is 5.87. The van der Waals surface area contributed by atoms with Gasteiger partial charge in [-0.05, 0) is 0 Å². The first-order valence-electron chi connectivity index (χ1n) is 5.58. The Balaban J connectivity index is 2.22. The number of carbonyl (C=O) groups is 1. The summed E-state index contributed by atoms with van der Waals surface area (Å²) in [6.45, 7) is 0. The molecule has 0 fully saturated rings. The van der Waals surface area contributed by atoms with Crippen LogP contribution in [0.1, 0.15) is 10.5 Å². The Bertz CT molecular complexity index is 590. The molecule has 2 rings (SSSR count). The number of hydrogen-bond donors (Lipinski definition) is 1. The van der Waals surface area contributed by atoms with Crippen LogP contribution in [0.15, 0.2) is 30.6 Å². The zero-order valence-electron chi connectivity index (χ0n) is 10.9. The highest BCUT2D eigenvalue weighted by Gasteiger charge is 2.08. The van der Waals surface area contributed by atoms with Gasteiger partial charge in [0.05, 0.1) is 26.6 Å². The second-order valence-corrected chi connectivity index (χ2v) is 3.70. The number of nitrogens with zero attached hydrogens (tertiary/aromatic N) is 2. The minimum absolute atomic E-state index is 0.152. The molecule has 0 bridgehead atoms. The summed E-state index contributed by atoms with van der Waals surface area (Å²) >= 11 is 0. The molecule has 0 aliphatic carbocycles. The van der Waals surface area contributed by atoms with Crippen LogP contribution in [-0.2, 0) is 0 Å². The highest BCUT2D eigenvalue weighted by molar-refractivity contribution is 5.84. The van der Waals surface area contributed by atoms with Crippen LogP contribution < -0.4 is 14.2 Å². The Kier molecular flexibility index (Phi) is 3.99. The minimum Gasteiger partial charge on any atom is -0.496 e. The van der Waals surface area contributed by atoms with Crippen LogP contribution in [0.4, 0.5) is 0 Å². The average Bonchev–Trinajstić information content (AvgIpc) is 2.47. The summed E-state index contributed by atoms with van der Waals surface area (Å²) in [5.41, 5.74) is -0.152. The van der Waals surface area contributed by atoms with Gasteiger partial charge in [0.1, 0.15) is 17.2 Å². The summed E-state index contributed by atoms with van der Waals surface area (Å²) in [6.07, 6.45) is 2.35. The second-order valence-electron chi connectivity index (χ2n) is 3.70. The smallest absolute Gasteiger partial charge is 0.356 e. The first-order chi connectivity index (χ1) is 9.62. The number of carboxylic acids is 1. The number of aromatic nitrogens is 2. The third kappa shape index (κ3) is 3.14. The largest absolute Gasteiger partial charge is 0.496 e. The van der Waals surface area contributed by atoms with Crippen LogP contribution in [0.2, 0.25) is 0 Å². The van der Waals surface area contributed by atoms with Gasteiger partial charge in [-0.25, -0.2) is 14.8 Å². The number of ether oxygens (including phenoxy) is 3. The molecule has 20 heavy (non-hydrogen) atoms. The topological polar surface area (TPSA) is 90.8 Å². The van der Waals surface area contributed by atoms with E-state index in [-0.39, 0.29) is 11.6 Å². The van der Waals surface area contributed by atoms with Crippen molar-refractivity contribution in [2.24, 2.45) is 0 Å². The third-order valence-electron chi connectivity index (χ3n) is 2.39. The molecule has 0 spiro atoms. The van der Waals surface area contributed by atoms with Crippen molar-refractivity contribution >= 4 is 5.97 Å². The number of benzene rings is 1. The maximum Gasteiger partial charge on any atom is 0.356 e. The van der Waals surface area contributed by atoms with E-state index in [4.69, 9.17) is 19.3 Å². The molecule has 1 aromatic carbocycles. The van der Waals surface area contributed by atoms with Gasteiger partial charge >= 0.3 is 5.97 Å². The number of methoxy groups -OCH3 is 2. The van der Waals surface area contributed by atoms with Crippen LogP contribution >= 0.6 is 0 Å². The Hall–Kier alpha value is -2.83. The number of carboxylic acid groups (broad SMARTS) is 1. The van der Waals surface area contributed by atoms with Gasteiger partial charge in [0.25, 0.3) is 0 Å². The molecule has 7 heteroatoms. The maximum absolute atomic E-state index is 10.7. The molecule has 104 valence electrons. The lowest BCUT2D eigenvalue weighted by Crippen LogP contribution is -2.01. The van der Waals surface area contributed by atoms with E-state index in [0.29, 0.717) is 17.2 Å². The molecule has 2 aromatic rings. The van der Waals surface area contributed by atoms with Crippen molar-refractivity contribution in [1.29, 1.82) is 0 Å². The van der Waals surface area contributed by atoms with Crippen molar-refractivity contribution in [1.82, 2.24) is 9.97 Å². The quantitative estimate of drug-likeness (QED) is 0.892. The van der Waals surface area contributed by atoms with Gasteiger partial charge in [-0.15, -0.1) is 0 Å². The van der Waals surface area contributed by atoms with Crippen molar-refractivity contribution < 1.29 is 24.1 Å². The van der Waals surface area contributed by atoms with E-state index >= 15 is 0 Å². The molecule has 1 aromatic heterocycles. The van der Waals surface area contributed by atoms with E-state index in [1.165, 1.54) is 20.4 Å². The molecule has 0 aliphatic rings. The fourth-order valence-electron chi connectivity index (χ4n) is 1.44. The van der Waals surface area contributed by atoms with Gasteiger partial charge in [0.2, 0.25) is 5.88 Å². The molecule has 7 nitrogen and oxygen atoms in total. The molecule has 1 N–H and O–H groups in total. The lowest BCUT2D eigenvalue weighted by atomic mass is 10.3. The van der Waals surface area contributed by atoms with E-state index in [2.05, 4.69) is 9.97 Å². The van der Waals surface area contributed by atoms with E-state index in [1.54, 1.807) is 18.2 Å². The molecule has 0 atom stereocenters. The standard InChI is InChI=1S/C13H12N2O5/c1-18-8-3-9(19-2)5-10(4-8)20-12-7-14-11(6-15-12)13(16)17/h3-7H,1-2H3,(H,16,17). The maximum atomic E-state index is 10.7. The summed E-state index contributed by atoms with van der Waals surface area (Å²) in [7, 11) is 3.06. The Labute approximate surface area is 114 Å². The van der Waals surface area contributed by atoms with Crippen LogP contribution in [0, 0.1) is 0 Å². The molecule has 0 saturated carbocycles. The predicted molar refractivity (Wildman–Crippen MR) is 68.6 cm³/mol. The molecular weight excluding hydrogens is 264 g/mol. The van der Waals surface area contributed by atoms with Gasteiger partial charge < -0.3 is 19.3 Å². The minimum atomic E-state index is -1.15. The van der Waals surface area contributed by atoms with Gasteiger partial charge in [0.15, 0.2) is 5.69 Å². The molecular formula is C13H12N2O5. The lowest BCUT2D eigenvalue weighted by Gasteiger charge is -2.09. The third-order valence-corrected chi connectivity index (χ3v) is 2.39. The molecule has 0 unspecified atom stereocenters. The van der Waals surface area contributed by atoms with Crippen molar-refractivity contribution in [2.75, 3.05) is 14.2 Å². The van der Waals surface area contributed by atoms with E-state index in [9.17, 15) is 4.79 Å². The fraction of sp³-hybridized carbons (Fsp3) is 0.154. The molecule has 1 heterocycles. The van der Waals surface area contributed by atoms with Gasteiger partial charge in [-0.1, -0.05) is 0 Å². The normalized spacial score (nSPS) is 9.90. The van der Waals surface area contributed by atoms with E-state index in [0.717, 1.165) is 6.20 Å². The number of hydrogen-bond acceptors (Lipinski definition) is 6. The summed E-state index contributed by atoms with van der Waals surface area (Å²) in [5, 5.41) is 8.73. The summed E-state index contributed by atoms with van der Waals surface area (Å²) in [4.78, 5) is 18.2. The Morgan fingerprint density at radius 2 is 1.60 bits per heavy atom. The first kappa shape index (κ1) is 13.6. The summed E-state index contributed by atoms with van der Waals surface area (Å²) in [6, 6.07) is 5.00. The van der Waals surface area contributed by atoms with E-state index < -0.39 is 5.97 Å². The summed E-state index contributed by atoms with van der Waals surface area (Å²) in [5.74, 6) is 0.597. The van der Waals surface area contributed by atoms with Crippen LogP contribution in [0.5, 0.6) is 23.1 Å². The van der Waals surface area contributed by atoms with Crippen LogP contribution in [-0.4, -0.2) is 35.3 Å². The average molecular weight is 276 g/mol. The van der Waals surface area contributed by atoms with E-state index in [1.807, 2.05) is 0 Å². The fourth-order valence-corrected chi connectivity index (χ4v) is 1.44. The summed E-state index contributed by atoms with van der Waals surface area (Å²) < 4.78 is 15.7. The Morgan fingerprint density at radius 3 is 2.05 bits per heavy atom. The number of rotatable bonds is 5. The monoisotopic (exact) mass is 276 g/mol. The van der Waals surface area contributed by atoms with Crippen LogP contribution in [0.25, 0.3) is 0 Å². The zero-order valence-corrected chi connectivity index (χ0v) is 10.9. The number of aromatic carboxylic acids is 1. The van der Waals surface area contributed by atoms with Gasteiger partial charge in [0, 0.05) is 18.2 Å². The first-order valence-corrected chi connectivity index (χ1v) is 5.58. The van der Waals surface area contributed by atoms with Gasteiger partial charge in [-0.2, -0.15) is 0 Å². The van der Waals surface area contributed by atoms with Crippen molar-refractivity contribution in [3.05, 3.63) is 36.3 Å². The SMILES string of the molecule is COc1cc(OC)cc(Oc2cnc(C(=O)O)cn2)c1. The Morgan fingerprint density at radius 1 is 1.00 bits per heavy atom. The molecule has 0 saturated heterocycles. The van der Waals surface area contributed by atoms with Gasteiger partial charge in [-0.3, -0.25) is 0 Å².